The van der Waals surface area contributed by atoms with Crippen molar-refractivity contribution in [2.24, 2.45) is 0 Å². The molecule has 0 aliphatic rings. The van der Waals surface area contributed by atoms with Gasteiger partial charge in [0.1, 0.15) is 0 Å². The molecule has 2 nitrogen and oxygen atoms in total. The molecule has 19 heavy (non-hydrogen) atoms. The minimum atomic E-state index is 0.128. The summed E-state index contributed by atoms with van der Waals surface area (Å²) in [7, 11) is 0. The standard InChI is InChI=1S/C16H24BrNO/c1-5-6-7-10-18(12(2)3)16-11-14(17)8-9-15(16)13(4)19/h8-9,11-12H,5-7,10H2,1-4H3. The number of anilines is 1. The van der Waals surface area contributed by atoms with Crippen LogP contribution >= 0.6 is 15.9 Å². The molecule has 106 valence electrons. The van der Waals surface area contributed by atoms with Gasteiger partial charge in [0.05, 0.1) is 0 Å². The lowest BCUT2D eigenvalue weighted by Gasteiger charge is -2.30. The van der Waals surface area contributed by atoms with Crippen LogP contribution in [0.3, 0.4) is 0 Å². The number of carbonyl (C=O) groups excluding carboxylic acids is 1. The molecule has 1 rings (SSSR count). The molecule has 1 aromatic rings. The van der Waals surface area contributed by atoms with Crippen molar-refractivity contribution in [2.75, 3.05) is 11.4 Å². The van der Waals surface area contributed by atoms with Crippen molar-refractivity contribution < 1.29 is 4.79 Å². The second-order valence-corrected chi connectivity index (χ2v) is 6.13. The average molecular weight is 326 g/mol. The third-order valence-electron chi connectivity index (χ3n) is 3.27. The summed E-state index contributed by atoms with van der Waals surface area (Å²) >= 11 is 3.51. The van der Waals surface area contributed by atoms with Crippen LogP contribution in [0.5, 0.6) is 0 Å². The first-order valence-corrected chi connectivity index (χ1v) is 7.83. The van der Waals surface area contributed by atoms with Gasteiger partial charge in [0.25, 0.3) is 0 Å². The summed E-state index contributed by atoms with van der Waals surface area (Å²) < 4.78 is 1.02. The van der Waals surface area contributed by atoms with E-state index in [1.165, 1.54) is 19.3 Å². The number of nitrogens with zero attached hydrogens (tertiary/aromatic N) is 1. The molecule has 0 fully saturated rings. The number of ketones is 1. The molecule has 0 aliphatic carbocycles. The molecule has 0 bridgehead atoms. The molecule has 0 saturated heterocycles. The third kappa shape index (κ3) is 4.64. The molecule has 1 aromatic carbocycles. The van der Waals surface area contributed by atoms with Gasteiger partial charge in [-0.2, -0.15) is 0 Å². The zero-order chi connectivity index (χ0) is 14.4. The van der Waals surface area contributed by atoms with Gasteiger partial charge in [0, 0.05) is 28.3 Å². The number of unbranched alkanes of at least 4 members (excludes halogenated alkanes) is 2. The van der Waals surface area contributed by atoms with Crippen molar-refractivity contribution in [3.05, 3.63) is 28.2 Å². The normalized spacial score (nSPS) is 10.8. The van der Waals surface area contributed by atoms with Crippen LogP contribution in [0.4, 0.5) is 5.69 Å². The third-order valence-corrected chi connectivity index (χ3v) is 3.77. The highest BCUT2D eigenvalue weighted by atomic mass is 79.9. The van der Waals surface area contributed by atoms with E-state index in [4.69, 9.17) is 0 Å². The van der Waals surface area contributed by atoms with E-state index in [0.29, 0.717) is 6.04 Å². The fourth-order valence-electron chi connectivity index (χ4n) is 2.23. The maximum Gasteiger partial charge on any atom is 0.161 e. The predicted molar refractivity (Wildman–Crippen MR) is 86.2 cm³/mol. The first-order valence-electron chi connectivity index (χ1n) is 7.04. The molecule has 0 aliphatic heterocycles. The van der Waals surface area contributed by atoms with E-state index in [-0.39, 0.29) is 5.78 Å². The summed E-state index contributed by atoms with van der Waals surface area (Å²) in [4.78, 5) is 14.1. The Balaban J connectivity index is 3.06. The lowest BCUT2D eigenvalue weighted by atomic mass is 10.1. The van der Waals surface area contributed by atoms with Crippen molar-refractivity contribution in [3.63, 3.8) is 0 Å². The van der Waals surface area contributed by atoms with Gasteiger partial charge in [0.15, 0.2) is 5.78 Å². The highest BCUT2D eigenvalue weighted by molar-refractivity contribution is 9.10. The van der Waals surface area contributed by atoms with E-state index >= 15 is 0 Å². The van der Waals surface area contributed by atoms with Gasteiger partial charge < -0.3 is 4.90 Å². The molecule has 0 unspecified atom stereocenters. The Morgan fingerprint density at radius 3 is 2.53 bits per heavy atom. The van der Waals surface area contributed by atoms with Crippen LogP contribution in [0.2, 0.25) is 0 Å². The smallest absolute Gasteiger partial charge is 0.161 e. The lowest BCUT2D eigenvalue weighted by Crippen LogP contribution is -2.33. The lowest BCUT2D eigenvalue weighted by molar-refractivity contribution is 0.101. The number of hydrogen-bond acceptors (Lipinski definition) is 2. The van der Waals surface area contributed by atoms with Gasteiger partial charge in [-0.15, -0.1) is 0 Å². The fourth-order valence-corrected chi connectivity index (χ4v) is 2.58. The van der Waals surface area contributed by atoms with Gasteiger partial charge in [-0.3, -0.25) is 4.79 Å². The van der Waals surface area contributed by atoms with Crippen molar-refractivity contribution in [1.29, 1.82) is 0 Å². The molecular formula is C16H24BrNO. The van der Waals surface area contributed by atoms with Gasteiger partial charge in [0.2, 0.25) is 0 Å². The number of halogens is 1. The van der Waals surface area contributed by atoms with Crippen molar-refractivity contribution in [3.8, 4) is 0 Å². The topological polar surface area (TPSA) is 20.3 Å². The summed E-state index contributed by atoms with van der Waals surface area (Å²) in [6.45, 7) is 9.20. The van der Waals surface area contributed by atoms with Gasteiger partial charge in [-0.1, -0.05) is 35.7 Å². The second-order valence-electron chi connectivity index (χ2n) is 5.21. The fraction of sp³-hybridized carbons (Fsp3) is 0.562. The van der Waals surface area contributed by atoms with Crippen LogP contribution in [-0.4, -0.2) is 18.4 Å². The molecule has 0 saturated carbocycles. The van der Waals surface area contributed by atoms with Crippen LogP contribution in [0.25, 0.3) is 0 Å². The molecule has 0 N–H and O–H groups in total. The molecule has 0 heterocycles. The molecule has 0 atom stereocenters. The van der Waals surface area contributed by atoms with Gasteiger partial charge >= 0.3 is 0 Å². The zero-order valence-electron chi connectivity index (χ0n) is 12.4. The summed E-state index contributed by atoms with van der Waals surface area (Å²) in [5, 5.41) is 0. The Kier molecular flexibility index (Phi) is 6.56. The number of hydrogen-bond donors (Lipinski definition) is 0. The Morgan fingerprint density at radius 1 is 1.32 bits per heavy atom. The van der Waals surface area contributed by atoms with Crippen LogP contribution in [0, 0.1) is 0 Å². The predicted octanol–water partition coefficient (Wildman–Crippen LogP) is 5.06. The zero-order valence-corrected chi connectivity index (χ0v) is 14.0. The molecule has 0 radical (unpaired) electrons. The van der Waals surface area contributed by atoms with E-state index in [0.717, 1.165) is 22.3 Å². The monoisotopic (exact) mass is 325 g/mol. The van der Waals surface area contributed by atoms with Crippen LogP contribution in [-0.2, 0) is 0 Å². The number of carbonyl (C=O) groups is 1. The number of Topliss-reactive ketones (excluding diaryl/α,β-unsaturated/α-hetero) is 1. The first-order chi connectivity index (χ1) is 8.97. The molecule has 0 amide bonds. The second kappa shape index (κ2) is 7.68. The van der Waals surface area contributed by atoms with E-state index in [2.05, 4.69) is 47.7 Å². The SMILES string of the molecule is CCCCCN(c1cc(Br)ccc1C(C)=O)C(C)C. The van der Waals surface area contributed by atoms with Gasteiger partial charge in [-0.05, 0) is 45.4 Å². The Bertz CT molecular complexity index is 429. The average Bonchev–Trinajstić information content (AvgIpc) is 2.33. The minimum Gasteiger partial charge on any atom is -0.368 e. The summed E-state index contributed by atoms with van der Waals surface area (Å²) in [6, 6.07) is 6.30. The van der Waals surface area contributed by atoms with E-state index in [9.17, 15) is 4.79 Å². The molecule has 0 aromatic heterocycles. The van der Waals surface area contributed by atoms with Crippen LogP contribution < -0.4 is 4.90 Å². The Labute approximate surface area is 125 Å². The van der Waals surface area contributed by atoms with E-state index < -0.39 is 0 Å². The van der Waals surface area contributed by atoms with Crippen molar-refractivity contribution >= 4 is 27.4 Å². The molecule has 0 spiro atoms. The Morgan fingerprint density at radius 2 is 2.00 bits per heavy atom. The minimum absolute atomic E-state index is 0.128. The van der Waals surface area contributed by atoms with Crippen LogP contribution in [0.15, 0.2) is 22.7 Å². The first kappa shape index (κ1) is 16.2. The summed E-state index contributed by atoms with van der Waals surface area (Å²) in [5.74, 6) is 0.128. The maximum absolute atomic E-state index is 11.8. The largest absolute Gasteiger partial charge is 0.368 e. The number of rotatable bonds is 7. The van der Waals surface area contributed by atoms with Crippen molar-refractivity contribution in [2.45, 2.75) is 53.0 Å². The van der Waals surface area contributed by atoms with Crippen LogP contribution in [0.1, 0.15) is 57.3 Å². The Hall–Kier alpha value is -0.830. The summed E-state index contributed by atoms with van der Waals surface area (Å²) in [5.41, 5.74) is 1.86. The van der Waals surface area contributed by atoms with E-state index in [1.54, 1.807) is 6.92 Å². The van der Waals surface area contributed by atoms with Gasteiger partial charge in [-0.25, -0.2) is 0 Å². The summed E-state index contributed by atoms with van der Waals surface area (Å²) in [6.07, 6.45) is 3.61. The molecular weight excluding hydrogens is 302 g/mol. The molecule has 3 heteroatoms. The quantitative estimate of drug-likeness (QED) is 0.516. The van der Waals surface area contributed by atoms with E-state index in [1.807, 2.05) is 12.1 Å². The van der Waals surface area contributed by atoms with Crippen molar-refractivity contribution in [1.82, 2.24) is 0 Å². The number of benzene rings is 1. The maximum atomic E-state index is 11.8. The highest BCUT2D eigenvalue weighted by Gasteiger charge is 2.16. The highest BCUT2D eigenvalue weighted by Crippen LogP contribution is 2.27.